The van der Waals surface area contributed by atoms with Gasteiger partial charge in [-0.3, -0.25) is 25.4 Å². The van der Waals surface area contributed by atoms with Crippen LogP contribution in [0.4, 0.5) is 0 Å². The van der Waals surface area contributed by atoms with Gasteiger partial charge in [-0.2, -0.15) is 0 Å². The fourth-order valence-electron chi connectivity index (χ4n) is 1.78. The van der Waals surface area contributed by atoms with Gasteiger partial charge in [0.05, 0.1) is 0 Å². The molecule has 0 atom stereocenters. The summed E-state index contributed by atoms with van der Waals surface area (Å²) in [7, 11) is 0. The molecule has 1 aliphatic rings. The molecular weight excluding hydrogens is 270 g/mol. The zero-order valence-electron chi connectivity index (χ0n) is 11.1. The van der Waals surface area contributed by atoms with Gasteiger partial charge in [0.15, 0.2) is 0 Å². The third kappa shape index (κ3) is 3.19. The predicted octanol–water partition coefficient (Wildman–Crippen LogP) is 0.824. The lowest BCUT2D eigenvalue weighted by molar-refractivity contribution is 0.0841. The second-order valence-corrected chi connectivity index (χ2v) is 4.70. The molecule has 2 amide bonds. The highest BCUT2D eigenvalue weighted by Gasteiger charge is 2.27. The Morgan fingerprint density at radius 3 is 2.38 bits per heavy atom. The lowest BCUT2D eigenvalue weighted by Gasteiger charge is -2.07. The molecule has 0 aromatic carbocycles. The third-order valence-corrected chi connectivity index (χ3v) is 3.04. The van der Waals surface area contributed by atoms with Crippen molar-refractivity contribution in [3.63, 3.8) is 0 Å². The van der Waals surface area contributed by atoms with E-state index in [1.165, 1.54) is 12.3 Å². The molecule has 0 spiro atoms. The van der Waals surface area contributed by atoms with Crippen molar-refractivity contribution in [2.45, 2.75) is 18.8 Å². The smallest absolute Gasteiger partial charge is 0.266 e. The maximum absolute atomic E-state index is 11.9. The molecular formula is C14H13N5O2. The van der Waals surface area contributed by atoms with E-state index in [0.29, 0.717) is 11.7 Å². The quantitative estimate of drug-likeness (QED) is 0.813. The number of carbonyl (C=O) groups excluding carboxylic acids is 2. The summed E-state index contributed by atoms with van der Waals surface area (Å²) in [5.74, 6) is 0.0727. The Kier molecular flexibility index (Phi) is 3.55. The van der Waals surface area contributed by atoms with E-state index in [4.69, 9.17) is 0 Å². The number of nitrogens with one attached hydrogen (secondary N) is 2. The topological polar surface area (TPSA) is 96.9 Å². The predicted molar refractivity (Wildman–Crippen MR) is 73.2 cm³/mol. The summed E-state index contributed by atoms with van der Waals surface area (Å²) < 4.78 is 0. The summed E-state index contributed by atoms with van der Waals surface area (Å²) in [6.07, 6.45) is 5.17. The highest BCUT2D eigenvalue weighted by molar-refractivity contribution is 5.97. The Morgan fingerprint density at radius 1 is 0.952 bits per heavy atom. The number of rotatable bonds is 3. The zero-order chi connectivity index (χ0) is 14.7. The van der Waals surface area contributed by atoms with Crippen LogP contribution in [0.1, 0.15) is 45.6 Å². The van der Waals surface area contributed by atoms with E-state index in [-0.39, 0.29) is 11.4 Å². The average Bonchev–Trinajstić information content (AvgIpc) is 3.38. The van der Waals surface area contributed by atoms with Gasteiger partial charge in [-0.25, -0.2) is 9.97 Å². The molecule has 0 unspecified atom stereocenters. The van der Waals surface area contributed by atoms with Crippen LogP contribution in [-0.4, -0.2) is 26.8 Å². The Hall–Kier alpha value is -2.83. The number of hydrazine groups is 1. The lowest BCUT2D eigenvalue weighted by atomic mass is 10.3. The normalized spacial score (nSPS) is 13.5. The summed E-state index contributed by atoms with van der Waals surface area (Å²) >= 11 is 0. The number of amides is 2. The van der Waals surface area contributed by atoms with Crippen molar-refractivity contribution in [1.82, 2.24) is 25.8 Å². The van der Waals surface area contributed by atoms with E-state index in [9.17, 15) is 9.59 Å². The number of pyridine rings is 1. The number of nitrogens with zero attached hydrogens (tertiary/aromatic N) is 3. The standard InChI is InChI=1S/C14H13N5O2/c20-13(10-3-1-2-7-15-10)18-19-14(21)11-6-8-16-12(17-11)9-4-5-9/h1-3,6-9H,4-5H2,(H,18,20)(H,19,21). The van der Waals surface area contributed by atoms with Gasteiger partial charge in [-0.05, 0) is 31.0 Å². The Bertz CT molecular complexity index is 670. The molecule has 7 nitrogen and oxygen atoms in total. The first-order chi connectivity index (χ1) is 10.2. The minimum atomic E-state index is -0.486. The molecule has 1 saturated carbocycles. The van der Waals surface area contributed by atoms with Gasteiger partial charge in [-0.15, -0.1) is 0 Å². The van der Waals surface area contributed by atoms with E-state index >= 15 is 0 Å². The van der Waals surface area contributed by atoms with Gasteiger partial charge in [-0.1, -0.05) is 6.07 Å². The van der Waals surface area contributed by atoms with Gasteiger partial charge >= 0.3 is 0 Å². The highest BCUT2D eigenvalue weighted by atomic mass is 16.2. The van der Waals surface area contributed by atoms with Crippen molar-refractivity contribution in [2.75, 3.05) is 0 Å². The summed E-state index contributed by atoms with van der Waals surface area (Å²) in [5, 5.41) is 0. The first-order valence-electron chi connectivity index (χ1n) is 6.58. The van der Waals surface area contributed by atoms with Crippen molar-refractivity contribution >= 4 is 11.8 Å². The molecule has 0 saturated heterocycles. The molecule has 3 rings (SSSR count). The minimum absolute atomic E-state index is 0.221. The minimum Gasteiger partial charge on any atom is -0.266 e. The van der Waals surface area contributed by atoms with Crippen LogP contribution in [0.15, 0.2) is 36.7 Å². The SMILES string of the molecule is O=C(NNC(=O)c1ccnc(C2CC2)n1)c1ccccn1. The van der Waals surface area contributed by atoms with E-state index in [2.05, 4.69) is 25.8 Å². The van der Waals surface area contributed by atoms with Gasteiger partial charge in [0.25, 0.3) is 11.8 Å². The van der Waals surface area contributed by atoms with E-state index < -0.39 is 11.8 Å². The molecule has 0 bridgehead atoms. The van der Waals surface area contributed by atoms with Crippen LogP contribution in [0.3, 0.4) is 0 Å². The Balaban J connectivity index is 1.61. The number of carbonyl (C=O) groups is 2. The number of aromatic nitrogens is 3. The average molecular weight is 283 g/mol. The number of hydrogen-bond acceptors (Lipinski definition) is 5. The maximum atomic E-state index is 11.9. The second kappa shape index (κ2) is 5.66. The molecule has 0 aliphatic heterocycles. The van der Waals surface area contributed by atoms with Crippen LogP contribution in [-0.2, 0) is 0 Å². The Morgan fingerprint density at radius 2 is 1.71 bits per heavy atom. The summed E-state index contributed by atoms with van der Waals surface area (Å²) in [4.78, 5) is 35.9. The third-order valence-electron chi connectivity index (χ3n) is 3.04. The summed E-state index contributed by atoms with van der Waals surface area (Å²) in [6.45, 7) is 0. The fourth-order valence-corrected chi connectivity index (χ4v) is 1.78. The second-order valence-electron chi connectivity index (χ2n) is 4.70. The van der Waals surface area contributed by atoms with Crippen molar-refractivity contribution in [3.05, 3.63) is 53.9 Å². The van der Waals surface area contributed by atoms with Crippen LogP contribution < -0.4 is 10.9 Å². The molecule has 21 heavy (non-hydrogen) atoms. The first-order valence-corrected chi connectivity index (χ1v) is 6.58. The van der Waals surface area contributed by atoms with Crippen LogP contribution in [0.5, 0.6) is 0 Å². The van der Waals surface area contributed by atoms with Gasteiger partial charge in [0, 0.05) is 18.3 Å². The van der Waals surface area contributed by atoms with Crippen LogP contribution in [0.2, 0.25) is 0 Å². The monoisotopic (exact) mass is 283 g/mol. The summed E-state index contributed by atoms with van der Waals surface area (Å²) in [6, 6.07) is 6.46. The van der Waals surface area contributed by atoms with Crippen molar-refractivity contribution in [3.8, 4) is 0 Å². The molecule has 106 valence electrons. The van der Waals surface area contributed by atoms with E-state index in [0.717, 1.165) is 12.8 Å². The molecule has 2 N–H and O–H groups in total. The van der Waals surface area contributed by atoms with Crippen LogP contribution in [0.25, 0.3) is 0 Å². The van der Waals surface area contributed by atoms with Crippen molar-refractivity contribution < 1.29 is 9.59 Å². The molecule has 1 aliphatic carbocycles. The van der Waals surface area contributed by atoms with Gasteiger partial charge in [0.1, 0.15) is 17.2 Å². The Labute approximate surface area is 120 Å². The first kappa shape index (κ1) is 13.2. The van der Waals surface area contributed by atoms with Gasteiger partial charge < -0.3 is 0 Å². The largest absolute Gasteiger partial charge is 0.288 e. The fraction of sp³-hybridized carbons (Fsp3) is 0.214. The number of hydrogen-bond donors (Lipinski definition) is 2. The van der Waals surface area contributed by atoms with Crippen LogP contribution >= 0.6 is 0 Å². The molecule has 2 aromatic heterocycles. The molecule has 1 fully saturated rings. The lowest BCUT2D eigenvalue weighted by Crippen LogP contribution is -2.42. The zero-order valence-corrected chi connectivity index (χ0v) is 11.1. The maximum Gasteiger partial charge on any atom is 0.288 e. The highest BCUT2D eigenvalue weighted by Crippen LogP contribution is 2.37. The van der Waals surface area contributed by atoms with Crippen molar-refractivity contribution in [2.24, 2.45) is 0 Å². The molecule has 0 radical (unpaired) electrons. The van der Waals surface area contributed by atoms with E-state index in [1.54, 1.807) is 24.4 Å². The van der Waals surface area contributed by atoms with Crippen molar-refractivity contribution in [1.29, 1.82) is 0 Å². The molecule has 2 heterocycles. The summed E-state index contributed by atoms with van der Waals surface area (Å²) in [5.41, 5.74) is 5.07. The molecule has 2 aromatic rings. The van der Waals surface area contributed by atoms with E-state index in [1.807, 2.05) is 0 Å². The van der Waals surface area contributed by atoms with Crippen LogP contribution in [0, 0.1) is 0 Å². The molecule has 7 heteroatoms. The van der Waals surface area contributed by atoms with Gasteiger partial charge in [0.2, 0.25) is 0 Å².